The van der Waals surface area contributed by atoms with Crippen molar-refractivity contribution >= 4 is 15.7 Å². The van der Waals surface area contributed by atoms with Crippen molar-refractivity contribution in [3.8, 4) is 0 Å². The molecule has 0 heterocycles. The third-order valence-electron chi connectivity index (χ3n) is 10.3. The molecule has 0 bridgehead atoms. The lowest BCUT2D eigenvalue weighted by atomic mass is 10.1. The maximum Gasteiger partial charge on any atom is 0.327 e. The lowest BCUT2D eigenvalue weighted by Gasteiger charge is -2.34. The van der Waals surface area contributed by atoms with Crippen LogP contribution in [0.3, 0.4) is 0 Å². The van der Waals surface area contributed by atoms with E-state index >= 15 is 0 Å². The SMILES string of the molecule is CCCCCCCCCCCC[Si](CCCCCCCCCCCC)(CCCCCCCCCCCC)CP(=O)(OC)OC. The van der Waals surface area contributed by atoms with E-state index in [-0.39, 0.29) is 0 Å². The fourth-order valence-corrected chi connectivity index (χ4v) is 17.3. The topological polar surface area (TPSA) is 35.5 Å². The van der Waals surface area contributed by atoms with Crippen LogP contribution in [-0.2, 0) is 13.6 Å². The predicted molar refractivity (Wildman–Crippen MR) is 202 cm³/mol. The molecular formula is C39H83O3PSi. The molecule has 0 fully saturated rings. The summed E-state index contributed by atoms with van der Waals surface area (Å²) in [5.41, 5.74) is 0. The Kier molecular flexibility index (Phi) is 33.6. The maximum absolute atomic E-state index is 13.6. The van der Waals surface area contributed by atoms with Gasteiger partial charge in [-0.05, 0) is 0 Å². The highest BCUT2D eigenvalue weighted by atomic mass is 31.2. The summed E-state index contributed by atoms with van der Waals surface area (Å²) in [5, 5.41) is 0. The summed E-state index contributed by atoms with van der Waals surface area (Å²) in [4.78, 5) is 0. The molecule has 0 rings (SSSR count). The van der Waals surface area contributed by atoms with Gasteiger partial charge in [0.1, 0.15) is 0 Å². The predicted octanol–water partition coefficient (Wildman–Crippen LogP) is 15.2. The highest BCUT2D eigenvalue weighted by Crippen LogP contribution is 2.51. The zero-order chi connectivity index (χ0) is 32.5. The molecule has 0 amide bonds. The van der Waals surface area contributed by atoms with Crippen LogP contribution in [0.15, 0.2) is 0 Å². The minimum absolute atomic E-state index is 0.749. The van der Waals surface area contributed by atoms with Crippen molar-refractivity contribution in [2.45, 2.75) is 232 Å². The molecule has 0 aliphatic heterocycles. The van der Waals surface area contributed by atoms with Crippen LogP contribution in [0, 0.1) is 0 Å². The quantitative estimate of drug-likeness (QED) is 0.0378. The Morgan fingerprint density at radius 1 is 0.364 bits per heavy atom. The molecule has 0 aromatic carbocycles. The van der Waals surface area contributed by atoms with Crippen LogP contribution in [0.1, 0.15) is 213 Å². The molecule has 0 aliphatic carbocycles. The lowest BCUT2D eigenvalue weighted by Crippen LogP contribution is -2.39. The van der Waals surface area contributed by atoms with Crippen molar-refractivity contribution in [3.05, 3.63) is 0 Å². The molecule has 0 spiro atoms. The van der Waals surface area contributed by atoms with E-state index in [1.165, 1.54) is 211 Å². The van der Waals surface area contributed by atoms with Gasteiger partial charge in [0.2, 0.25) is 0 Å². The first-order valence-corrected chi connectivity index (χ1v) is 24.8. The van der Waals surface area contributed by atoms with Gasteiger partial charge in [0.15, 0.2) is 0 Å². The van der Waals surface area contributed by atoms with Gasteiger partial charge in [-0.15, -0.1) is 0 Å². The zero-order valence-corrected chi connectivity index (χ0v) is 33.1. The molecule has 0 atom stereocenters. The summed E-state index contributed by atoms with van der Waals surface area (Å²) >= 11 is 0. The van der Waals surface area contributed by atoms with Gasteiger partial charge in [-0.2, -0.15) is 0 Å². The summed E-state index contributed by atoms with van der Waals surface area (Å²) in [6, 6.07) is 3.99. The first kappa shape index (κ1) is 44.4. The minimum atomic E-state index is -2.98. The second-order valence-electron chi connectivity index (χ2n) is 14.4. The van der Waals surface area contributed by atoms with Crippen LogP contribution in [0.4, 0.5) is 0 Å². The van der Waals surface area contributed by atoms with E-state index in [1.54, 1.807) is 14.2 Å². The van der Waals surface area contributed by atoms with Crippen LogP contribution in [-0.4, -0.2) is 28.1 Å². The Hall–Kier alpha value is 0.367. The van der Waals surface area contributed by atoms with Gasteiger partial charge in [-0.1, -0.05) is 232 Å². The van der Waals surface area contributed by atoms with E-state index in [0.717, 1.165) is 5.79 Å². The second-order valence-corrected chi connectivity index (χ2v) is 22.1. The Labute approximate surface area is 280 Å². The van der Waals surface area contributed by atoms with Gasteiger partial charge in [0, 0.05) is 20.0 Å². The minimum Gasteiger partial charge on any atom is -0.312 e. The van der Waals surface area contributed by atoms with E-state index in [1.807, 2.05) is 0 Å². The van der Waals surface area contributed by atoms with Gasteiger partial charge in [0.25, 0.3) is 0 Å². The lowest BCUT2D eigenvalue weighted by molar-refractivity contribution is 0.279. The zero-order valence-electron chi connectivity index (χ0n) is 31.2. The fourth-order valence-electron chi connectivity index (χ4n) is 7.19. The van der Waals surface area contributed by atoms with Crippen LogP contribution in [0.25, 0.3) is 0 Å². The first-order chi connectivity index (χ1) is 21.5. The molecule has 0 saturated carbocycles. The standard InChI is InChI=1S/C39H83O3PSi/c1-6-9-12-15-18-21-24-27-30-33-36-44(39-43(40,41-4)42-5,37-34-31-28-25-22-19-16-13-10-7-2)38-35-32-29-26-23-20-17-14-11-8-3/h6-39H2,1-5H3. The van der Waals surface area contributed by atoms with Crippen molar-refractivity contribution in [2.24, 2.45) is 0 Å². The van der Waals surface area contributed by atoms with Crippen molar-refractivity contribution in [3.63, 3.8) is 0 Å². The number of hydrogen-bond acceptors (Lipinski definition) is 3. The molecule has 0 aromatic heterocycles. The second kappa shape index (κ2) is 33.3. The van der Waals surface area contributed by atoms with Gasteiger partial charge < -0.3 is 9.05 Å². The molecule has 0 radical (unpaired) electrons. The van der Waals surface area contributed by atoms with Crippen LogP contribution in [0.5, 0.6) is 0 Å². The van der Waals surface area contributed by atoms with E-state index in [9.17, 15) is 4.57 Å². The van der Waals surface area contributed by atoms with Crippen molar-refractivity contribution < 1.29 is 13.6 Å². The summed E-state index contributed by atoms with van der Waals surface area (Å²) < 4.78 is 24.8. The third kappa shape index (κ3) is 27.5. The highest BCUT2D eigenvalue weighted by molar-refractivity contribution is 7.57. The van der Waals surface area contributed by atoms with Gasteiger partial charge >= 0.3 is 7.60 Å². The molecule has 5 heteroatoms. The molecule has 0 unspecified atom stereocenters. The van der Waals surface area contributed by atoms with Gasteiger partial charge in [-0.25, -0.2) is 0 Å². The number of unbranched alkanes of at least 4 members (excludes halogenated alkanes) is 27. The van der Waals surface area contributed by atoms with Crippen molar-refractivity contribution in [1.82, 2.24) is 0 Å². The van der Waals surface area contributed by atoms with Crippen LogP contribution < -0.4 is 0 Å². The summed E-state index contributed by atoms with van der Waals surface area (Å²) in [7, 11) is -1.51. The Balaban J connectivity index is 4.91. The summed E-state index contributed by atoms with van der Waals surface area (Å²) in [5.74, 6) is 0.749. The summed E-state index contributed by atoms with van der Waals surface area (Å²) in [6.45, 7) is 6.90. The van der Waals surface area contributed by atoms with Crippen LogP contribution in [0.2, 0.25) is 18.1 Å². The highest BCUT2D eigenvalue weighted by Gasteiger charge is 2.40. The molecule has 0 aromatic rings. The van der Waals surface area contributed by atoms with E-state index in [0.29, 0.717) is 0 Å². The van der Waals surface area contributed by atoms with Crippen molar-refractivity contribution in [2.75, 3.05) is 20.0 Å². The average molecular weight is 659 g/mol. The van der Waals surface area contributed by atoms with E-state index in [2.05, 4.69) is 20.8 Å². The smallest absolute Gasteiger partial charge is 0.312 e. The molecule has 0 aliphatic rings. The molecule has 3 nitrogen and oxygen atoms in total. The summed E-state index contributed by atoms with van der Waals surface area (Å²) in [6.07, 6.45) is 41.5. The normalized spacial score (nSPS) is 12.4. The Morgan fingerprint density at radius 2 is 0.568 bits per heavy atom. The van der Waals surface area contributed by atoms with Crippen molar-refractivity contribution in [1.29, 1.82) is 0 Å². The monoisotopic (exact) mass is 659 g/mol. The van der Waals surface area contributed by atoms with Gasteiger partial charge in [0.05, 0.1) is 8.07 Å². The molecule has 266 valence electrons. The fraction of sp³-hybridized carbons (Fsp3) is 1.00. The molecule has 0 saturated heterocycles. The van der Waals surface area contributed by atoms with E-state index in [4.69, 9.17) is 9.05 Å². The van der Waals surface area contributed by atoms with E-state index < -0.39 is 15.7 Å². The maximum atomic E-state index is 13.6. The number of rotatable bonds is 37. The van der Waals surface area contributed by atoms with Gasteiger partial charge in [-0.3, -0.25) is 4.57 Å². The average Bonchev–Trinajstić information content (AvgIpc) is 3.03. The first-order valence-electron chi connectivity index (χ1n) is 20.2. The molecule has 44 heavy (non-hydrogen) atoms. The largest absolute Gasteiger partial charge is 0.327 e. The number of hydrogen-bond donors (Lipinski definition) is 0. The Morgan fingerprint density at radius 3 is 0.773 bits per heavy atom. The molecule has 0 N–H and O–H groups in total. The Bertz CT molecular complexity index is 546. The third-order valence-corrected chi connectivity index (χ3v) is 19.9. The molecular weight excluding hydrogens is 575 g/mol. The van der Waals surface area contributed by atoms with Crippen LogP contribution >= 0.6 is 7.60 Å².